The van der Waals surface area contributed by atoms with Crippen molar-refractivity contribution >= 4 is 49.0 Å². The Morgan fingerprint density at radius 2 is 1.54 bits per heavy atom. The van der Waals surface area contributed by atoms with Crippen LogP contribution < -0.4 is 20.4 Å². The van der Waals surface area contributed by atoms with Crippen molar-refractivity contribution in [2.24, 2.45) is 5.92 Å². The molecule has 0 saturated heterocycles. The van der Waals surface area contributed by atoms with Crippen LogP contribution in [0, 0.1) is 5.92 Å². The molecular formula is C49H73N5O8Si. The van der Waals surface area contributed by atoms with Crippen molar-refractivity contribution in [1.82, 2.24) is 25.8 Å². The molecule has 4 rings (SSSR count). The van der Waals surface area contributed by atoms with Gasteiger partial charge in [0, 0.05) is 36.5 Å². The molecule has 1 aliphatic rings. The Labute approximate surface area is 376 Å². The molecule has 13 nitrogen and oxygen atoms in total. The maximum absolute atomic E-state index is 14.9. The highest BCUT2D eigenvalue weighted by atomic mass is 28.4. The first-order valence-electron chi connectivity index (χ1n) is 22.6. The number of allylic oxidation sites excluding steroid dienone is 2. The Hall–Kier alpha value is -5.11. The number of carbonyl (C=O) groups is 5. The molecule has 4 amide bonds. The molecule has 3 aromatic rings. The number of aromatic amines is 1. The minimum absolute atomic E-state index is 0.0892. The maximum atomic E-state index is 14.9. The van der Waals surface area contributed by atoms with Crippen LogP contribution >= 0.6 is 0 Å². The Morgan fingerprint density at radius 3 is 2.16 bits per heavy atom. The van der Waals surface area contributed by atoms with Gasteiger partial charge in [0.2, 0.25) is 17.7 Å². The number of rotatable bonds is 10. The van der Waals surface area contributed by atoms with Crippen LogP contribution in [-0.4, -0.2) is 85.4 Å². The molecule has 0 radical (unpaired) electrons. The third-order valence-corrected chi connectivity index (χ3v) is 18.1. The van der Waals surface area contributed by atoms with Crippen molar-refractivity contribution in [3.05, 3.63) is 77.5 Å². The molecule has 0 bridgehead atoms. The average molecular weight is 888 g/mol. The molecule has 0 fully saturated rings. The molecular weight excluding hydrogens is 815 g/mol. The fourth-order valence-corrected chi connectivity index (χ4v) is 14.1. The van der Waals surface area contributed by atoms with E-state index in [1.54, 1.807) is 27.7 Å². The number of hydrogen-bond donors (Lipinski definition) is 4. The first-order valence-corrected chi connectivity index (χ1v) is 24.7. The Morgan fingerprint density at radius 1 is 0.905 bits per heavy atom. The summed E-state index contributed by atoms with van der Waals surface area (Å²) in [5, 5.41) is 9.53. The minimum atomic E-state index is -2.28. The van der Waals surface area contributed by atoms with Crippen molar-refractivity contribution < 1.29 is 37.9 Å². The molecule has 1 aliphatic heterocycles. The molecule has 0 unspecified atom stereocenters. The molecule has 346 valence electrons. The zero-order chi connectivity index (χ0) is 46.8. The number of amides is 4. The molecule has 63 heavy (non-hydrogen) atoms. The fourth-order valence-electron chi connectivity index (χ4n) is 8.89. The third kappa shape index (κ3) is 13.7. The summed E-state index contributed by atoms with van der Waals surface area (Å²) < 4.78 is 18.3. The van der Waals surface area contributed by atoms with E-state index in [-0.39, 0.29) is 25.3 Å². The van der Waals surface area contributed by atoms with Gasteiger partial charge in [0.15, 0.2) is 0 Å². The number of H-pyrrole nitrogens is 1. The van der Waals surface area contributed by atoms with Crippen LogP contribution in [0.4, 0.5) is 4.79 Å². The summed E-state index contributed by atoms with van der Waals surface area (Å²) in [4.78, 5) is 74.6. The number of nitrogens with one attached hydrogen (secondary N) is 4. The second kappa shape index (κ2) is 22.0. The van der Waals surface area contributed by atoms with Gasteiger partial charge in [-0.25, -0.2) is 4.79 Å². The van der Waals surface area contributed by atoms with Crippen LogP contribution in [0.3, 0.4) is 0 Å². The number of likely N-dealkylation sites (N-methyl/N-ethyl adjacent to an activating group) is 1. The molecule has 14 heteroatoms. The monoisotopic (exact) mass is 888 g/mol. The van der Waals surface area contributed by atoms with Gasteiger partial charge in [-0.3, -0.25) is 19.2 Å². The number of carbonyl (C=O) groups excluding carboxylic acids is 5. The van der Waals surface area contributed by atoms with Gasteiger partial charge in [-0.2, -0.15) is 0 Å². The van der Waals surface area contributed by atoms with E-state index in [4.69, 9.17) is 13.9 Å². The number of alkyl carbamates (subject to hydrolysis) is 1. The van der Waals surface area contributed by atoms with E-state index in [2.05, 4.69) is 62.5 Å². The lowest BCUT2D eigenvalue weighted by Gasteiger charge is -2.42. The SMILES string of the molecule is C/C1=C\CC[C@H](C)OC(=O)C[C@H](c2ccc(O[Si](C(C)C)(C(C)C)C(C)C)cc2)NC(=O)[C@@H](Cc2c[nH]c3ccccc23)N(C)C(=O)[C@H](CNC(=O)OC(C)(C)C)NC(=O)[C@@H](C)C1. The molecule has 2 heterocycles. The standard InChI is InChI=1S/C49H73N5O8Si/c1-30(2)63(31(3)4,32(5)6)62-38-23-21-36(22-24-38)41-27-44(55)60-35(9)18-16-17-33(7)25-34(8)45(56)53-42(29-51-48(59)61-49(10,11)12)47(58)54(13)43(46(57)52-41)26-37-28-50-40-20-15-14-19-39(37)40/h14-15,17,19-24,28,30-32,34-35,41-43,50H,16,18,25-27,29H2,1-13H3,(H,51,59)(H,52,57)(H,53,56)/b33-17+/t34-,35-,41+,42-,43+/m0/s1. The number of benzene rings is 2. The van der Waals surface area contributed by atoms with E-state index in [9.17, 15) is 24.0 Å². The number of esters is 1. The minimum Gasteiger partial charge on any atom is -0.543 e. The Bertz CT molecular complexity index is 2050. The number of ether oxygens (including phenoxy) is 2. The number of aromatic nitrogens is 1. The summed E-state index contributed by atoms with van der Waals surface area (Å²) in [6, 6.07) is 12.0. The van der Waals surface area contributed by atoms with E-state index >= 15 is 0 Å². The highest BCUT2D eigenvalue weighted by Crippen LogP contribution is 2.43. The summed E-state index contributed by atoms with van der Waals surface area (Å²) in [5.74, 6) is -1.79. The quantitative estimate of drug-likeness (QED) is 0.0889. The Balaban J connectivity index is 1.80. The fraction of sp³-hybridized carbons (Fsp3) is 0.571. The molecule has 0 spiro atoms. The predicted molar refractivity (Wildman–Crippen MR) is 251 cm³/mol. The topological polar surface area (TPSA) is 168 Å². The maximum Gasteiger partial charge on any atom is 0.407 e. The normalized spacial score (nSPS) is 22.7. The zero-order valence-corrected chi connectivity index (χ0v) is 40.8. The van der Waals surface area contributed by atoms with Gasteiger partial charge < -0.3 is 39.7 Å². The van der Waals surface area contributed by atoms with E-state index in [1.807, 2.05) is 74.7 Å². The summed E-state index contributed by atoms with van der Waals surface area (Å²) in [6.07, 6.45) is 4.20. The van der Waals surface area contributed by atoms with E-state index in [0.29, 0.717) is 41.4 Å². The van der Waals surface area contributed by atoms with E-state index in [1.165, 1.54) is 11.9 Å². The van der Waals surface area contributed by atoms with Crippen molar-refractivity contribution in [1.29, 1.82) is 0 Å². The lowest BCUT2D eigenvalue weighted by Crippen LogP contribution is -2.58. The van der Waals surface area contributed by atoms with Gasteiger partial charge in [0.05, 0.1) is 25.1 Å². The van der Waals surface area contributed by atoms with Gasteiger partial charge in [-0.05, 0) is 99.8 Å². The van der Waals surface area contributed by atoms with Gasteiger partial charge in [-0.15, -0.1) is 0 Å². The summed E-state index contributed by atoms with van der Waals surface area (Å²) in [6.45, 7) is 23.8. The highest BCUT2D eigenvalue weighted by Gasteiger charge is 2.47. The first-order chi connectivity index (χ1) is 29.5. The van der Waals surface area contributed by atoms with Gasteiger partial charge in [0.25, 0.3) is 8.32 Å². The van der Waals surface area contributed by atoms with Crippen LogP contribution in [0.2, 0.25) is 16.6 Å². The molecule has 2 aromatic carbocycles. The first kappa shape index (κ1) is 50.5. The second-order valence-corrected chi connectivity index (χ2v) is 24.6. The summed E-state index contributed by atoms with van der Waals surface area (Å²) in [7, 11) is -0.767. The molecule has 4 N–H and O–H groups in total. The van der Waals surface area contributed by atoms with Crippen LogP contribution in [0.1, 0.15) is 126 Å². The van der Waals surface area contributed by atoms with E-state index < -0.39 is 67.9 Å². The lowest BCUT2D eigenvalue weighted by molar-refractivity contribution is -0.149. The molecule has 5 atom stereocenters. The zero-order valence-electron chi connectivity index (χ0n) is 39.8. The van der Waals surface area contributed by atoms with Crippen LogP contribution in [-0.2, 0) is 35.1 Å². The third-order valence-electron chi connectivity index (χ3n) is 12.1. The van der Waals surface area contributed by atoms with Crippen LogP contribution in [0.25, 0.3) is 10.9 Å². The van der Waals surface area contributed by atoms with Gasteiger partial charge in [-0.1, -0.05) is 90.4 Å². The molecule has 0 saturated carbocycles. The number of cyclic esters (lactones) is 1. The Kier molecular flexibility index (Phi) is 17.6. The van der Waals surface area contributed by atoms with Gasteiger partial charge in [0.1, 0.15) is 23.4 Å². The van der Waals surface area contributed by atoms with Crippen molar-refractivity contribution in [3.63, 3.8) is 0 Å². The summed E-state index contributed by atoms with van der Waals surface area (Å²) in [5.41, 5.74) is 3.55. The number of hydrogen-bond acceptors (Lipinski definition) is 8. The lowest BCUT2D eigenvalue weighted by atomic mass is 9.99. The van der Waals surface area contributed by atoms with Crippen LogP contribution in [0.15, 0.2) is 66.4 Å². The highest BCUT2D eigenvalue weighted by molar-refractivity contribution is 6.78. The van der Waals surface area contributed by atoms with Crippen molar-refractivity contribution in [3.8, 4) is 5.75 Å². The van der Waals surface area contributed by atoms with Gasteiger partial charge >= 0.3 is 12.1 Å². The largest absolute Gasteiger partial charge is 0.543 e. The van der Waals surface area contributed by atoms with Crippen LogP contribution in [0.5, 0.6) is 5.75 Å². The smallest absolute Gasteiger partial charge is 0.407 e. The van der Waals surface area contributed by atoms with Crippen molar-refractivity contribution in [2.45, 2.75) is 162 Å². The summed E-state index contributed by atoms with van der Waals surface area (Å²) >= 11 is 0. The number of nitrogens with zero attached hydrogens (tertiary/aromatic N) is 1. The predicted octanol–water partition coefficient (Wildman–Crippen LogP) is 9.05. The van der Waals surface area contributed by atoms with Crippen molar-refractivity contribution in [2.75, 3.05) is 13.6 Å². The molecule has 1 aromatic heterocycles. The second-order valence-electron chi connectivity index (χ2n) is 19.3. The van der Waals surface area contributed by atoms with E-state index in [0.717, 1.165) is 27.8 Å². The average Bonchev–Trinajstić information content (AvgIpc) is 3.61. The number of fused-ring (bicyclic) bond motifs is 1. The molecule has 0 aliphatic carbocycles. The number of para-hydroxylation sites is 1.